The quantitative estimate of drug-likeness (QED) is 0.764. The Morgan fingerprint density at radius 3 is 2.50 bits per heavy atom. The maximum atomic E-state index is 9.76. The van der Waals surface area contributed by atoms with Gasteiger partial charge in [-0.2, -0.15) is 0 Å². The molecule has 1 aromatic rings. The van der Waals surface area contributed by atoms with Crippen LogP contribution in [0, 0.1) is 6.92 Å². The van der Waals surface area contributed by atoms with E-state index in [0.29, 0.717) is 13.1 Å². The number of benzene rings is 1. The van der Waals surface area contributed by atoms with Gasteiger partial charge in [-0.1, -0.05) is 24.6 Å². The van der Waals surface area contributed by atoms with E-state index >= 15 is 0 Å². The molecule has 1 rings (SSSR count). The van der Waals surface area contributed by atoms with Crippen molar-refractivity contribution in [3.05, 3.63) is 29.8 Å². The Hall–Kier alpha value is -1.06. The molecule has 0 amide bonds. The van der Waals surface area contributed by atoms with E-state index in [2.05, 4.69) is 41.4 Å². The standard InChI is InChI=1S/C13H22N2O/c1-4-14-9-13(16)10-15(3)12-7-5-11(2)6-8-12/h5-8,13-14,16H,4,9-10H2,1-3H3. The fraction of sp³-hybridized carbons (Fsp3) is 0.538. The van der Waals surface area contributed by atoms with Gasteiger partial charge in [0.15, 0.2) is 0 Å². The number of aryl methyl sites for hydroxylation is 1. The zero-order chi connectivity index (χ0) is 12.0. The van der Waals surface area contributed by atoms with Crippen molar-refractivity contribution >= 4 is 5.69 Å². The van der Waals surface area contributed by atoms with Crippen LogP contribution in [-0.4, -0.2) is 37.9 Å². The number of nitrogens with one attached hydrogen (secondary N) is 1. The Morgan fingerprint density at radius 1 is 1.31 bits per heavy atom. The van der Waals surface area contributed by atoms with Crippen molar-refractivity contribution < 1.29 is 5.11 Å². The molecule has 0 aliphatic carbocycles. The van der Waals surface area contributed by atoms with Crippen LogP contribution in [0.2, 0.25) is 0 Å². The molecule has 0 saturated heterocycles. The average Bonchev–Trinajstić information content (AvgIpc) is 2.27. The summed E-state index contributed by atoms with van der Waals surface area (Å²) in [7, 11) is 2.00. The molecule has 0 bridgehead atoms. The van der Waals surface area contributed by atoms with Crippen LogP contribution in [0.15, 0.2) is 24.3 Å². The lowest BCUT2D eigenvalue weighted by Gasteiger charge is -2.23. The molecule has 0 spiro atoms. The van der Waals surface area contributed by atoms with Gasteiger partial charge >= 0.3 is 0 Å². The Kier molecular flexibility index (Phi) is 5.29. The van der Waals surface area contributed by atoms with Gasteiger partial charge in [0.25, 0.3) is 0 Å². The van der Waals surface area contributed by atoms with Gasteiger partial charge in [0.05, 0.1) is 6.10 Å². The van der Waals surface area contributed by atoms with Gasteiger partial charge in [0.1, 0.15) is 0 Å². The molecule has 1 atom stereocenters. The Labute approximate surface area is 98.1 Å². The first kappa shape index (κ1) is 13.0. The summed E-state index contributed by atoms with van der Waals surface area (Å²) in [4.78, 5) is 2.07. The minimum Gasteiger partial charge on any atom is -0.390 e. The summed E-state index contributed by atoms with van der Waals surface area (Å²) in [5, 5.41) is 12.9. The fourth-order valence-electron chi connectivity index (χ4n) is 1.60. The second-order valence-electron chi connectivity index (χ2n) is 4.18. The third-order valence-corrected chi connectivity index (χ3v) is 2.59. The van der Waals surface area contributed by atoms with Crippen molar-refractivity contribution in [3.8, 4) is 0 Å². The van der Waals surface area contributed by atoms with E-state index in [-0.39, 0.29) is 6.10 Å². The van der Waals surface area contributed by atoms with Crippen molar-refractivity contribution in [2.24, 2.45) is 0 Å². The predicted octanol–water partition coefficient (Wildman–Crippen LogP) is 1.40. The Balaban J connectivity index is 2.45. The van der Waals surface area contributed by atoms with Crippen LogP contribution in [0.4, 0.5) is 5.69 Å². The monoisotopic (exact) mass is 222 g/mol. The number of rotatable bonds is 6. The molecule has 0 aromatic heterocycles. The number of aliphatic hydroxyl groups excluding tert-OH is 1. The van der Waals surface area contributed by atoms with Crippen LogP contribution >= 0.6 is 0 Å². The maximum absolute atomic E-state index is 9.76. The van der Waals surface area contributed by atoms with Crippen LogP contribution in [0.3, 0.4) is 0 Å². The summed E-state index contributed by atoms with van der Waals surface area (Å²) in [6, 6.07) is 8.33. The largest absolute Gasteiger partial charge is 0.390 e. The molecule has 0 fully saturated rings. The second-order valence-corrected chi connectivity index (χ2v) is 4.18. The normalized spacial score (nSPS) is 12.5. The topological polar surface area (TPSA) is 35.5 Å². The first-order valence-corrected chi connectivity index (χ1v) is 5.80. The van der Waals surface area contributed by atoms with Gasteiger partial charge in [0.2, 0.25) is 0 Å². The number of hydrogen-bond acceptors (Lipinski definition) is 3. The van der Waals surface area contributed by atoms with Crippen LogP contribution in [0.5, 0.6) is 0 Å². The van der Waals surface area contributed by atoms with Crippen LogP contribution in [0.1, 0.15) is 12.5 Å². The zero-order valence-electron chi connectivity index (χ0n) is 10.4. The second kappa shape index (κ2) is 6.51. The number of nitrogens with zero attached hydrogens (tertiary/aromatic N) is 1. The van der Waals surface area contributed by atoms with Gasteiger partial charge in [-0.15, -0.1) is 0 Å². The molecule has 0 aliphatic rings. The highest BCUT2D eigenvalue weighted by atomic mass is 16.3. The van der Waals surface area contributed by atoms with Crippen molar-refractivity contribution in [3.63, 3.8) is 0 Å². The van der Waals surface area contributed by atoms with Crippen molar-refractivity contribution in [2.45, 2.75) is 20.0 Å². The van der Waals surface area contributed by atoms with Gasteiger partial charge in [0, 0.05) is 25.8 Å². The smallest absolute Gasteiger partial charge is 0.0839 e. The zero-order valence-corrected chi connectivity index (χ0v) is 10.4. The van der Waals surface area contributed by atoms with E-state index < -0.39 is 0 Å². The summed E-state index contributed by atoms with van der Waals surface area (Å²) in [6.07, 6.45) is -0.328. The molecule has 3 nitrogen and oxygen atoms in total. The van der Waals surface area contributed by atoms with Crippen molar-refractivity contribution in [1.82, 2.24) is 5.32 Å². The van der Waals surface area contributed by atoms with Gasteiger partial charge < -0.3 is 15.3 Å². The highest BCUT2D eigenvalue weighted by Gasteiger charge is 2.07. The van der Waals surface area contributed by atoms with Crippen molar-refractivity contribution in [2.75, 3.05) is 31.6 Å². The van der Waals surface area contributed by atoms with Crippen LogP contribution in [-0.2, 0) is 0 Å². The van der Waals surface area contributed by atoms with Gasteiger partial charge in [-0.3, -0.25) is 0 Å². The molecule has 16 heavy (non-hydrogen) atoms. The molecular weight excluding hydrogens is 200 g/mol. The maximum Gasteiger partial charge on any atom is 0.0839 e. The molecule has 0 radical (unpaired) electrons. The number of anilines is 1. The van der Waals surface area contributed by atoms with E-state index in [1.54, 1.807) is 0 Å². The van der Waals surface area contributed by atoms with Gasteiger partial charge in [-0.25, -0.2) is 0 Å². The summed E-state index contributed by atoms with van der Waals surface area (Å²) in [5.41, 5.74) is 2.39. The fourth-order valence-corrected chi connectivity index (χ4v) is 1.60. The summed E-state index contributed by atoms with van der Waals surface area (Å²) in [5.74, 6) is 0. The summed E-state index contributed by atoms with van der Waals surface area (Å²) < 4.78 is 0. The SMILES string of the molecule is CCNCC(O)CN(C)c1ccc(C)cc1. The highest BCUT2D eigenvalue weighted by Crippen LogP contribution is 2.13. The van der Waals surface area contributed by atoms with Crippen LogP contribution < -0.4 is 10.2 Å². The molecule has 0 saturated carbocycles. The molecule has 0 aliphatic heterocycles. The minimum absolute atomic E-state index is 0.328. The highest BCUT2D eigenvalue weighted by molar-refractivity contribution is 5.46. The lowest BCUT2D eigenvalue weighted by Crippen LogP contribution is -2.36. The molecule has 0 heterocycles. The van der Waals surface area contributed by atoms with Crippen molar-refractivity contribution in [1.29, 1.82) is 0 Å². The van der Waals surface area contributed by atoms with Crippen LogP contribution in [0.25, 0.3) is 0 Å². The molecule has 1 unspecified atom stereocenters. The predicted molar refractivity (Wildman–Crippen MR) is 69.0 cm³/mol. The molecule has 2 N–H and O–H groups in total. The molecule has 3 heteroatoms. The van der Waals surface area contributed by atoms with E-state index in [0.717, 1.165) is 12.2 Å². The molecule has 90 valence electrons. The summed E-state index contributed by atoms with van der Waals surface area (Å²) >= 11 is 0. The lowest BCUT2D eigenvalue weighted by molar-refractivity contribution is 0.179. The van der Waals surface area contributed by atoms with E-state index in [1.165, 1.54) is 5.56 Å². The van der Waals surface area contributed by atoms with Gasteiger partial charge in [-0.05, 0) is 25.6 Å². The lowest BCUT2D eigenvalue weighted by atomic mass is 10.2. The Morgan fingerprint density at radius 2 is 1.94 bits per heavy atom. The minimum atomic E-state index is -0.328. The number of likely N-dealkylation sites (N-methyl/N-ethyl adjacent to an activating group) is 2. The first-order valence-electron chi connectivity index (χ1n) is 5.80. The molecule has 1 aromatic carbocycles. The first-order chi connectivity index (χ1) is 7.63. The molecular formula is C13H22N2O. The van der Waals surface area contributed by atoms with E-state index in [4.69, 9.17) is 0 Å². The Bertz CT molecular complexity index is 297. The summed E-state index contributed by atoms with van der Waals surface area (Å²) in [6.45, 7) is 6.30. The van der Waals surface area contributed by atoms with E-state index in [9.17, 15) is 5.11 Å². The van der Waals surface area contributed by atoms with E-state index in [1.807, 2.05) is 14.0 Å². The third-order valence-electron chi connectivity index (χ3n) is 2.59. The third kappa shape index (κ3) is 4.21. The number of aliphatic hydroxyl groups is 1. The average molecular weight is 222 g/mol. The number of hydrogen-bond donors (Lipinski definition) is 2.